The summed E-state index contributed by atoms with van der Waals surface area (Å²) in [6.07, 6.45) is -20.9. The Kier molecular flexibility index (Phi) is 28.7. The topological polar surface area (TPSA) is 917 Å². The number of rotatable bonds is 38. The molecule has 0 aromatic rings. The van der Waals surface area contributed by atoms with E-state index >= 15 is 0 Å². The molecule has 0 spiro atoms. The van der Waals surface area contributed by atoms with Gasteiger partial charge < -0.3 is 97.3 Å². The summed E-state index contributed by atoms with van der Waals surface area (Å²) in [4.78, 5) is 142. The molecule has 2 fully saturated rings. The maximum Gasteiger partial charge on any atom is 0.713 e. The lowest BCUT2D eigenvalue weighted by atomic mass is 9.81. The number of ketones is 1. The van der Waals surface area contributed by atoms with Crippen molar-refractivity contribution in [2.45, 2.75) is 77.9 Å². The quantitative estimate of drug-likeness (QED) is 0.0118. The average Bonchev–Trinajstić information content (AvgIpc) is 0.694. The molecule has 14 unspecified atom stereocenters. The molecule has 0 aromatic carbocycles. The van der Waals surface area contributed by atoms with Crippen LogP contribution in [0.2, 0.25) is 6.55 Å². The molecule has 1 aliphatic carbocycles. The predicted octanol–water partition coefficient (Wildman–Crippen LogP) is -16.0. The highest BCUT2D eigenvalue weighted by atomic mass is 32.3. The van der Waals surface area contributed by atoms with Crippen molar-refractivity contribution in [2.24, 2.45) is 5.92 Å². The van der Waals surface area contributed by atoms with Crippen molar-refractivity contribution in [3.05, 3.63) is 23.4 Å². The molecular formula is C22H49NO59S9Si7. The summed E-state index contributed by atoms with van der Waals surface area (Å²) >= 11 is 0. The number of hydrogen-bond donors (Lipinski definition) is 20. The molecular weight excluding hydrogens is 1710 g/mol. The smallest absolute Gasteiger partial charge is 0.391 e. The number of hydrogen-bond acceptors (Lipinski definition) is 57. The van der Waals surface area contributed by atoms with Gasteiger partial charge >= 0.3 is 156 Å². The SMILES string of the molecule is CC1=CC(=O)C(N(C)C)=CC1C1(S(=O)(=O)OO)OC(COS(=O)(=O)O)C(OS(=O)(=O)O)C(OS(=O)(=O)O[Si](O)(O[Si](O)(O)OO[Si](O)(O[Si](C)(O)O[Si](O)(O)O)OS(=O)(=O)OC2C(OS(=O)(=O)O)C(C)OC(S(=O)(=O)OO)C2S(=O)(=O)OO)O[Si](O)(O)O[Si](O)(O)O)C1S(=O)(=O)OO. The second-order valence-electron chi connectivity index (χ2n) is 18.5. The second-order valence-corrected chi connectivity index (χ2v) is 44.5. The normalized spacial score (nSPS) is 27.9. The summed E-state index contributed by atoms with van der Waals surface area (Å²) in [5.74, 6) is -4.12. The monoisotopic (exact) mass is 1750 g/mol. The van der Waals surface area contributed by atoms with Gasteiger partial charge in [-0.2, -0.15) is 75.8 Å². The maximum atomic E-state index is 14.3. The van der Waals surface area contributed by atoms with Gasteiger partial charge in [0.25, 0.3) is 0 Å². The van der Waals surface area contributed by atoms with Crippen LogP contribution in [0.3, 0.4) is 0 Å². The zero-order valence-electron chi connectivity index (χ0n) is 47.1. The lowest BCUT2D eigenvalue weighted by Gasteiger charge is -2.51. The summed E-state index contributed by atoms with van der Waals surface area (Å²) in [6, 6.07) is 0. The Morgan fingerprint density at radius 2 is 1.00 bits per heavy atom. The van der Waals surface area contributed by atoms with Crippen LogP contribution in [0, 0.1) is 5.92 Å². The first-order valence-electron chi connectivity index (χ1n) is 23.1. The van der Waals surface area contributed by atoms with Crippen molar-refractivity contribution >= 4 is 161 Å². The molecule has 2 heterocycles. The summed E-state index contributed by atoms with van der Waals surface area (Å²) in [7, 11) is -110. The minimum Gasteiger partial charge on any atom is -0.391 e. The lowest BCUT2D eigenvalue weighted by molar-refractivity contribution is -0.232. The molecule has 60 nitrogen and oxygen atoms in total. The van der Waals surface area contributed by atoms with Gasteiger partial charge in [0.05, 0.1) is 18.4 Å². The third-order valence-corrected chi connectivity index (χ3v) is 34.7. The largest absolute Gasteiger partial charge is 0.713 e. The fraction of sp³-hybridized carbons (Fsp3) is 0.773. The van der Waals surface area contributed by atoms with Crippen LogP contribution in [-0.4, -0.2) is 325 Å². The summed E-state index contributed by atoms with van der Waals surface area (Å²) < 4.78 is 344. The highest BCUT2D eigenvalue weighted by molar-refractivity contribution is 7.92. The standard InChI is InChI=1S/C22H49NO59S9Si7/c1-9-6-13(24)12(23(3)4)7-11(9)22(86(35,36)73-28)20(84(31,32)71-26)18(16(67-89(43,44)45)14(65-22)8-63-87(37,38)39)69-91(48,49)77-98(62,82-96(59,60)80-94(54,55)56)81-95(57,58)74-75-97(61,79-92(5,50)78-93(51,52)53)76-90(46,47)68-17-15(66-88(40,41)42)10(2)64-21(85(33,34)72-27)19(17)83(29,30)70-25/h6-7,10-11,14-21,25-28,50-62H,8H2,1-5H3,(H,37,38,39)(H,40,41,42)(H,43,44,45). The fourth-order valence-electron chi connectivity index (χ4n) is 8.08. The Labute approximate surface area is 553 Å². The third kappa shape index (κ3) is 25.0. The average molecular weight is 1760 g/mol. The molecule has 3 rings (SSSR count). The van der Waals surface area contributed by atoms with Crippen molar-refractivity contribution < 1.29 is 263 Å². The molecule has 3 aliphatic rings. The number of allylic oxidation sites excluding steroid dienone is 1. The zero-order valence-corrected chi connectivity index (χ0v) is 61.5. The molecule has 578 valence electrons. The van der Waals surface area contributed by atoms with Crippen LogP contribution < -0.4 is 0 Å². The first-order valence-corrected chi connectivity index (χ1v) is 48.2. The Morgan fingerprint density at radius 3 is 1.44 bits per heavy atom. The molecule has 2 saturated heterocycles. The van der Waals surface area contributed by atoms with Crippen molar-refractivity contribution in [2.75, 3.05) is 20.7 Å². The molecule has 0 amide bonds. The molecule has 2 aliphatic heterocycles. The van der Waals surface area contributed by atoms with Crippen molar-refractivity contribution in [1.82, 2.24) is 4.90 Å². The molecule has 20 N–H and O–H groups in total. The molecule has 0 radical (unpaired) electrons. The first kappa shape index (κ1) is 90.6. The van der Waals surface area contributed by atoms with Crippen LogP contribution in [0.25, 0.3) is 0 Å². The van der Waals surface area contributed by atoms with Gasteiger partial charge in [-0.25, -0.2) is 58.8 Å². The Balaban J connectivity index is 2.49. The molecule has 0 bridgehead atoms. The Bertz CT molecular complexity index is 4020. The Morgan fingerprint density at radius 1 is 0.541 bits per heavy atom. The van der Waals surface area contributed by atoms with Gasteiger partial charge in [-0.05, 0) is 26.0 Å². The predicted molar refractivity (Wildman–Crippen MR) is 287 cm³/mol. The number of carbonyl (C=O) groups is 1. The van der Waals surface area contributed by atoms with E-state index < -0.39 is 243 Å². The van der Waals surface area contributed by atoms with Crippen LogP contribution in [0.5, 0.6) is 0 Å². The van der Waals surface area contributed by atoms with Crippen molar-refractivity contribution in [3.63, 3.8) is 0 Å². The summed E-state index contributed by atoms with van der Waals surface area (Å²) in [5, 5.41) is 29.6. The summed E-state index contributed by atoms with van der Waals surface area (Å²) in [6.45, 7) is -1.52. The van der Waals surface area contributed by atoms with Gasteiger partial charge in [0.15, 0.2) is 10.5 Å². The van der Waals surface area contributed by atoms with E-state index in [0.717, 1.165) is 19.0 Å². The van der Waals surface area contributed by atoms with Crippen LogP contribution in [0.15, 0.2) is 23.4 Å². The van der Waals surface area contributed by atoms with Gasteiger partial charge in [0, 0.05) is 26.6 Å². The van der Waals surface area contributed by atoms with Gasteiger partial charge in [-0.1, -0.05) is 5.57 Å². The molecule has 98 heavy (non-hydrogen) atoms. The van der Waals surface area contributed by atoms with Crippen LogP contribution in [0.4, 0.5) is 0 Å². The van der Waals surface area contributed by atoms with Gasteiger partial charge in [0.2, 0.25) is 16.2 Å². The van der Waals surface area contributed by atoms with E-state index in [9.17, 15) is 167 Å². The molecule has 76 heteroatoms. The number of carbonyl (C=O) groups excluding carboxylic acids is 1. The number of ether oxygens (including phenoxy) is 2. The first-order chi connectivity index (χ1) is 43.3. The van der Waals surface area contributed by atoms with E-state index in [1.807, 2.05) is 0 Å². The Hall–Kier alpha value is -1.58. The van der Waals surface area contributed by atoms with Gasteiger partial charge in [-0.3, -0.25) is 18.5 Å². The van der Waals surface area contributed by atoms with E-state index in [1.165, 1.54) is 0 Å². The van der Waals surface area contributed by atoms with Crippen LogP contribution in [-0.2, 0) is 182 Å². The van der Waals surface area contributed by atoms with E-state index in [-0.39, 0.29) is 12.6 Å². The van der Waals surface area contributed by atoms with E-state index in [2.05, 4.69) is 80.5 Å². The van der Waals surface area contributed by atoms with E-state index in [4.69, 9.17) is 15.3 Å². The molecule has 14 atom stereocenters. The van der Waals surface area contributed by atoms with E-state index in [0.29, 0.717) is 19.9 Å². The molecule has 0 aromatic heterocycles. The van der Waals surface area contributed by atoms with Crippen LogP contribution >= 0.6 is 0 Å². The molecule has 0 saturated carbocycles. The minimum absolute atomic E-state index is 0.119. The lowest BCUT2D eigenvalue weighted by Crippen LogP contribution is -2.74. The minimum atomic E-state index is -8.33. The second kappa shape index (κ2) is 31.1. The van der Waals surface area contributed by atoms with E-state index in [1.54, 1.807) is 0 Å². The van der Waals surface area contributed by atoms with Crippen molar-refractivity contribution in [1.29, 1.82) is 0 Å². The summed E-state index contributed by atoms with van der Waals surface area (Å²) in [5.41, 5.74) is -5.42. The van der Waals surface area contributed by atoms with Crippen molar-refractivity contribution in [3.8, 4) is 0 Å². The highest BCUT2D eigenvalue weighted by Gasteiger charge is 2.75. The van der Waals surface area contributed by atoms with Gasteiger partial charge in [-0.15, -0.1) is 17.3 Å². The highest BCUT2D eigenvalue weighted by Crippen LogP contribution is 2.51. The maximum absolute atomic E-state index is 14.3. The van der Waals surface area contributed by atoms with Crippen LogP contribution in [0.1, 0.15) is 13.8 Å². The number of likely N-dealkylation sites (N-methyl/N-ethyl adjacent to an activating group) is 1. The third-order valence-electron chi connectivity index (χ3n) is 10.9. The fourth-order valence-corrected chi connectivity index (χ4v) is 31.2. The van der Waals surface area contributed by atoms with Gasteiger partial charge in [0.1, 0.15) is 30.5 Å². The number of nitrogens with zero attached hydrogens (tertiary/aromatic N) is 1. The zero-order chi connectivity index (χ0) is 76.8.